The highest BCUT2D eigenvalue weighted by Crippen LogP contribution is 2.22. The van der Waals surface area contributed by atoms with Crippen molar-refractivity contribution >= 4 is 44.8 Å². The van der Waals surface area contributed by atoms with Crippen molar-refractivity contribution < 1.29 is 14.3 Å². The van der Waals surface area contributed by atoms with E-state index in [0.29, 0.717) is 15.4 Å². The first-order valence-electron chi connectivity index (χ1n) is 6.10. The first kappa shape index (κ1) is 15.7. The number of thiazole rings is 1. The number of aromatic nitrogens is 1. The number of aryl methyl sites for hydroxylation is 1. The average molecular weight is 369 g/mol. The number of carbonyl (C=O) groups is 2. The molecule has 0 atom stereocenters. The summed E-state index contributed by atoms with van der Waals surface area (Å²) in [6.07, 6.45) is 0. The number of ether oxygens (including phenoxy) is 1. The zero-order valence-electron chi connectivity index (χ0n) is 11.7. The lowest BCUT2D eigenvalue weighted by molar-refractivity contribution is -0.132. The van der Waals surface area contributed by atoms with Crippen LogP contribution in [0.4, 0.5) is 5.69 Å². The van der Waals surface area contributed by atoms with Crippen LogP contribution in [0.15, 0.2) is 33.7 Å². The predicted octanol–water partition coefficient (Wildman–Crippen LogP) is 3.44. The van der Waals surface area contributed by atoms with Crippen LogP contribution in [0.2, 0.25) is 0 Å². The third-order valence-corrected chi connectivity index (χ3v) is 3.96. The summed E-state index contributed by atoms with van der Waals surface area (Å²) in [5.41, 5.74) is 0.704. The Bertz CT molecular complexity index is 777. The lowest BCUT2D eigenvalue weighted by Crippen LogP contribution is -2.22. The highest BCUT2D eigenvalue weighted by atomic mass is 79.9. The maximum atomic E-state index is 11.8. The lowest BCUT2D eigenvalue weighted by Gasteiger charge is -2.04. The van der Waals surface area contributed by atoms with Gasteiger partial charge < -0.3 is 4.74 Å². The van der Waals surface area contributed by atoms with Crippen LogP contribution in [0.25, 0.3) is 0 Å². The van der Waals surface area contributed by atoms with Gasteiger partial charge in [-0.05, 0) is 25.1 Å². The molecule has 0 saturated carbocycles. The number of carbonyl (C=O) groups excluding carboxylic acids is 2. The Morgan fingerprint density at radius 2 is 2.05 bits per heavy atom. The summed E-state index contributed by atoms with van der Waals surface area (Å²) in [4.78, 5) is 28.7. The van der Waals surface area contributed by atoms with E-state index < -0.39 is 5.97 Å². The highest BCUT2D eigenvalue weighted by molar-refractivity contribution is 9.10. The van der Waals surface area contributed by atoms with E-state index in [-0.39, 0.29) is 11.8 Å². The van der Waals surface area contributed by atoms with Gasteiger partial charge in [0.2, 0.25) is 11.8 Å². The van der Waals surface area contributed by atoms with Crippen LogP contribution in [0, 0.1) is 6.92 Å². The molecule has 0 N–H and O–H groups in total. The Morgan fingerprint density at radius 1 is 1.33 bits per heavy atom. The minimum absolute atomic E-state index is 0.230. The molecule has 2 aromatic rings. The Balaban J connectivity index is 2.64. The lowest BCUT2D eigenvalue weighted by atomic mass is 10.3. The number of rotatable bonds is 2. The number of nitrogens with zero attached hydrogens (tertiary/aromatic N) is 2. The quantitative estimate of drug-likeness (QED) is 0.762. The topological polar surface area (TPSA) is 60.7 Å². The Hall–Kier alpha value is -1.73. The minimum atomic E-state index is -0.472. The molecule has 0 aliphatic rings. The van der Waals surface area contributed by atoms with Crippen LogP contribution in [0.3, 0.4) is 0 Å². The average Bonchev–Trinajstić information content (AvgIpc) is 2.65. The molecule has 0 fully saturated rings. The predicted molar refractivity (Wildman–Crippen MR) is 84.0 cm³/mol. The Labute approximate surface area is 134 Å². The van der Waals surface area contributed by atoms with Crippen molar-refractivity contribution in [3.05, 3.63) is 38.4 Å². The molecular formula is C14H13BrN2O3S. The van der Waals surface area contributed by atoms with Crippen LogP contribution < -0.4 is 9.54 Å². The largest absolute Gasteiger partial charge is 0.408 e. The number of hydrogen-bond acceptors (Lipinski definition) is 5. The van der Waals surface area contributed by atoms with E-state index in [0.717, 1.165) is 4.47 Å². The van der Waals surface area contributed by atoms with Crippen molar-refractivity contribution in [1.29, 1.82) is 0 Å². The summed E-state index contributed by atoms with van der Waals surface area (Å²) >= 11 is 4.67. The van der Waals surface area contributed by atoms with Crippen molar-refractivity contribution in [2.75, 3.05) is 0 Å². The molecular weight excluding hydrogens is 356 g/mol. The number of hydrogen-bond donors (Lipinski definition) is 0. The van der Waals surface area contributed by atoms with E-state index in [4.69, 9.17) is 4.74 Å². The molecule has 1 aromatic heterocycles. The molecule has 5 nitrogen and oxygen atoms in total. The summed E-state index contributed by atoms with van der Waals surface area (Å²) in [5.74, 6) is -0.502. The van der Waals surface area contributed by atoms with E-state index in [9.17, 15) is 9.59 Å². The van der Waals surface area contributed by atoms with Crippen LogP contribution in [0.1, 0.15) is 23.5 Å². The third-order valence-electron chi connectivity index (χ3n) is 2.53. The SMILES string of the molecule is CC(=O)Oc1c(C)sc(=Nc2cccc(Br)c2)n1C(C)=O. The first-order valence-corrected chi connectivity index (χ1v) is 7.71. The van der Waals surface area contributed by atoms with Crippen LogP contribution in [-0.2, 0) is 4.79 Å². The summed E-state index contributed by atoms with van der Waals surface area (Å²) in [6, 6.07) is 7.41. The zero-order valence-corrected chi connectivity index (χ0v) is 14.1. The molecule has 1 heterocycles. The van der Waals surface area contributed by atoms with Gasteiger partial charge in [0, 0.05) is 18.3 Å². The molecule has 0 amide bonds. The van der Waals surface area contributed by atoms with Crippen LogP contribution in [-0.4, -0.2) is 16.4 Å². The maximum Gasteiger partial charge on any atom is 0.309 e. The van der Waals surface area contributed by atoms with E-state index in [1.54, 1.807) is 6.92 Å². The molecule has 0 aliphatic carbocycles. The van der Waals surface area contributed by atoms with Gasteiger partial charge in [-0.2, -0.15) is 0 Å². The van der Waals surface area contributed by atoms with Gasteiger partial charge >= 0.3 is 5.97 Å². The first-order chi connectivity index (χ1) is 9.88. The highest BCUT2D eigenvalue weighted by Gasteiger charge is 2.17. The van der Waals surface area contributed by atoms with Crippen molar-refractivity contribution in [3.63, 3.8) is 0 Å². The fourth-order valence-electron chi connectivity index (χ4n) is 1.73. The van der Waals surface area contributed by atoms with Crippen LogP contribution in [0.5, 0.6) is 5.88 Å². The molecule has 0 unspecified atom stereocenters. The normalized spacial score (nSPS) is 11.5. The van der Waals surface area contributed by atoms with Gasteiger partial charge in [-0.15, -0.1) is 0 Å². The Morgan fingerprint density at radius 3 is 2.62 bits per heavy atom. The fraction of sp³-hybridized carbons (Fsp3) is 0.214. The minimum Gasteiger partial charge on any atom is -0.408 e. The second kappa shape index (κ2) is 6.36. The van der Waals surface area contributed by atoms with E-state index >= 15 is 0 Å². The number of halogens is 1. The van der Waals surface area contributed by atoms with E-state index in [1.807, 2.05) is 24.3 Å². The van der Waals surface area contributed by atoms with Crippen LogP contribution >= 0.6 is 27.3 Å². The van der Waals surface area contributed by atoms with Gasteiger partial charge in [0.05, 0.1) is 10.6 Å². The smallest absolute Gasteiger partial charge is 0.309 e. The van der Waals surface area contributed by atoms with Crippen molar-refractivity contribution in [2.24, 2.45) is 4.99 Å². The second-order valence-electron chi connectivity index (χ2n) is 4.29. The molecule has 0 spiro atoms. The molecule has 110 valence electrons. The van der Waals surface area contributed by atoms with Gasteiger partial charge in [-0.25, -0.2) is 9.56 Å². The molecule has 21 heavy (non-hydrogen) atoms. The van der Waals surface area contributed by atoms with Gasteiger partial charge in [-0.3, -0.25) is 9.59 Å². The van der Waals surface area contributed by atoms with Gasteiger partial charge in [0.1, 0.15) is 0 Å². The third kappa shape index (κ3) is 3.68. The standard InChI is InChI=1S/C14H13BrN2O3S/c1-8-13(20-10(3)19)17(9(2)18)14(21-8)16-12-6-4-5-11(15)7-12/h4-7H,1-3H3. The van der Waals surface area contributed by atoms with Gasteiger partial charge in [0.15, 0.2) is 4.80 Å². The second-order valence-corrected chi connectivity index (χ2v) is 6.38. The Kier molecular flexibility index (Phi) is 4.74. The maximum absolute atomic E-state index is 11.8. The monoisotopic (exact) mass is 368 g/mol. The summed E-state index contributed by atoms with van der Waals surface area (Å²) in [5, 5.41) is 0. The molecule has 0 aliphatic heterocycles. The molecule has 0 radical (unpaired) electrons. The number of esters is 1. The zero-order chi connectivity index (χ0) is 15.6. The molecule has 7 heteroatoms. The van der Waals surface area contributed by atoms with Gasteiger partial charge in [-0.1, -0.05) is 33.3 Å². The van der Waals surface area contributed by atoms with Gasteiger partial charge in [0.25, 0.3) is 0 Å². The number of benzene rings is 1. The molecule has 2 rings (SSSR count). The summed E-state index contributed by atoms with van der Waals surface area (Å²) in [6.45, 7) is 4.48. The van der Waals surface area contributed by atoms with Crippen molar-refractivity contribution in [3.8, 4) is 5.88 Å². The van der Waals surface area contributed by atoms with Crippen molar-refractivity contribution in [1.82, 2.24) is 4.57 Å². The fourth-order valence-corrected chi connectivity index (χ4v) is 3.07. The molecule has 0 saturated heterocycles. The van der Waals surface area contributed by atoms with Crippen molar-refractivity contribution in [2.45, 2.75) is 20.8 Å². The van der Waals surface area contributed by atoms with E-state index in [2.05, 4.69) is 20.9 Å². The molecule has 0 bridgehead atoms. The molecule has 1 aromatic carbocycles. The van der Waals surface area contributed by atoms with E-state index in [1.165, 1.54) is 29.8 Å². The summed E-state index contributed by atoms with van der Waals surface area (Å²) in [7, 11) is 0. The summed E-state index contributed by atoms with van der Waals surface area (Å²) < 4.78 is 7.33.